The first-order valence-corrected chi connectivity index (χ1v) is 10.2. The molecule has 0 fully saturated rings. The van der Waals surface area contributed by atoms with Crippen LogP contribution in [0.1, 0.15) is 24.2 Å². The molecule has 176 valence electrons. The topological polar surface area (TPSA) is 119 Å². The van der Waals surface area contributed by atoms with Crippen molar-refractivity contribution in [1.82, 2.24) is 34.6 Å². The SMILES string of the molecule is C=NN(C)/C(C#N)=C1\CN(C)C(=O)CCCn2cc(c(C(F)(F)F)n2)-c2c[nH]c3ncc1nc23. The van der Waals surface area contributed by atoms with E-state index in [2.05, 4.69) is 31.9 Å². The van der Waals surface area contributed by atoms with Gasteiger partial charge in [-0.05, 0) is 6.42 Å². The Morgan fingerprint density at radius 3 is 2.82 bits per heavy atom. The number of nitrogens with zero attached hydrogens (tertiary/aromatic N) is 8. The van der Waals surface area contributed by atoms with Gasteiger partial charge in [-0.3, -0.25) is 14.5 Å². The number of halogens is 3. The van der Waals surface area contributed by atoms with Crippen LogP contribution in [0.4, 0.5) is 13.2 Å². The number of aromatic nitrogens is 5. The van der Waals surface area contributed by atoms with Crippen LogP contribution in [-0.4, -0.2) is 67.9 Å². The second-order valence-corrected chi connectivity index (χ2v) is 7.76. The maximum atomic E-state index is 13.8. The molecule has 3 aromatic heterocycles. The summed E-state index contributed by atoms with van der Waals surface area (Å²) in [6, 6.07) is 2.05. The summed E-state index contributed by atoms with van der Waals surface area (Å²) in [5.41, 5.74) is 0.0526. The van der Waals surface area contributed by atoms with Gasteiger partial charge in [0.15, 0.2) is 11.3 Å². The fraction of sp³-hybridized carbons (Fsp3) is 0.333. The predicted octanol–water partition coefficient (Wildman–Crippen LogP) is 2.87. The van der Waals surface area contributed by atoms with E-state index >= 15 is 0 Å². The molecule has 0 aliphatic carbocycles. The fourth-order valence-corrected chi connectivity index (χ4v) is 3.78. The molecule has 0 saturated heterocycles. The van der Waals surface area contributed by atoms with Gasteiger partial charge < -0.3 is 9.88 Å². The van der Waals surface area contributed by atoms with Crippen LogP contribution in [0.25, 0.3) is 27.9 Å². The van der Waals surface area contributed by atoms with Gasteiger partial charge in [0.05, 0.1) is 18.4 Å². The van der Waals surface area contributed by atoms with Gasteiger partial charge in [-0.2, -0.15) is 28.6 Å². The molecule has 10 nitrogen and oxygen atoms in total. The number of hydrogen-bond acceptors (Lipinski definition) is 7. The lowest BCUT2D eigenvalue weighted by Gasteiger charge is -2.22. The number of amides is 1. The van der Waals surface area contributed by atoms with Crippen LogP contribution < -0.4 is 0 Å². The Balaban J connectivity index is 2.02. The van der Waals surface area contributed by atoms with Gasteiger partial charge in [0.1, 0.15) is 17.3 Å². The van der Waals surface area contributed by atoms with Crippen LogP contribution in [0.3, 0.4) is 0 Å². The normalized spacial score (nSPS) is 16.4. The first-order chi connectivity index (χ1) is 16.1. The summed E-state index contributed by atoms with van der Waals surface area (Å²) < 4.78 is 42.6. The van der Waals surface area contributed by atoms with E-state index in [0.29, 0.717) is 5.57 Å². The van der Waals surface area contributed by atoms with Crippen molar-refractivity contribution in [2.45, 2.75) is 25.6 Å². The van der Waals surface area contributed by atoms with Crippen molar-refractivity contribution in [3.63, 3.8) is 0 Å². The zero-order valence-electron chi connectivity index (χ0n) is 18.4. The summed E-state index contributed by atoms with van der Waals surface area (Å²) >= 11 is 0. The number of allylic oxidation sites excluding steroid dienone is 1. The Kier molecular flexibility index (Phi) is 5.82. The molecule has 0 aromatic carbocycles. The Morgan fingerprint density at radius 1 is 1.38 bits per heavy atom. The third-order valence-corrected chi connectivity index (χ3v) is 5.54. The van der Waals surface area contributed by atoms with Crippen molar-refractivity contribution < 1.29 is 18.0 Å². The minimum atomic E-state index is -4.70. The number of alkyl halides is 3. The van der Waals surface area contributed by atoms with E-state index in [1.807, 2.05) is 6.07 Å². The van der Waals surface area contributed by atoms with Gasteiger partial charge >= 0.3 is 6.18 Å². The molecule has 4 bridgehead atoms. The number of nitrogens with one attached hydrogen (secondary N) is 1. The van der Waals surface area contributed by atoms with Gasteiger partial charge in [-0.25, -0.2) is 9.97 Å². The first kappa shape index (κ1) is 23.0. The minimum absolute atomic E-state index is 0.0121. The molecule has 1 N–H and O–H groups in total. The van der Waals surface area contributed by atoms with Crippen LogP contribution in [0.15, 0.2) is 29.4 Å². The van der Waals surface area contributed by atoms with E-state index < -0.39 is 11.9 Å². The lowest BCUT2D eigenvalue weighted by atomic mass is 10.1. The summed E-state index contributed by atoms with van der Waals surface area (Å²) in [6.45, 7) is 3.57. The predicted molar refractivity (Wildman–Crippen MR) is 117 cm³/mol. The molecule has 4 heterocycles. The number of hydrogen-bond donors (Lipinski definition) is 1. The van der Waals surface area contributed by atoms with Crippen molar-refractivity contribution in [3.8, 4) is 17.2 Å². The van der Waals surface area contributed by atoms with Crippen molar-refractivity contribution >= 4 is 29.4 Å². The van der Waals surface area contributed by atoms with E-state index in [4.69, 9.17) is 0 Å². The molecular weight excluding hydrogens is 451 g/mol. The average molecular weight is 471 g/mol. The van der Waals surface area contributed by atoms with E-state index in [-0.39, 0.29) is 65.5 Å². The molecule has 0 unspecified atom stereocenters. The summed E-state index contributed by atoms with van der Waals surface area (Å²) in [4.78, 5) is 25.8. The number of rotatable bonds is 2. The van der Waals surface area contributed by atoms with E-state index in [0.717, 1.165) is 0 Å². The second kappa shape index (κ2) is 8.62. The molecule has 13 heteroatoms. The van der Waals surface area contributed by atoms with Gasteiger partial charge in [-0.1, -0.05) is 0 Å². The average Bonchev–Trinajstić information content (AvgIpc) is 3.41. The third-order valence-electron chi connectivity index (χ3n) is 5.54. The zero-order chi connectivity index (χ0) is 24.6. The smallest absolute Gasteiger partial charge is 0.344 e. The molecule has 4 rings (SSSR count). The number of fused-ring (bicyclic) bond motifs is 4. The molecule has 0 radical (unpaired) electrons. The van der Waals surface area contributed by atoms with E-state index in [9.17, 15) is 23.2 Å². The first-order valence-electron chi connectivity index (χ1n) is 10.2. The minimum Gasteiger partial charge on any atom is -0.344 e. The number of carbonyl (C=O) groups is 1. The standard InChI is InChI=1S/C21H20F3N9O/c1-26-32(3)16(7-25)14-10-31(2)17(34)5-4-6-33-11-13(19(30-33)21(22,23)24)12-8-27-20-18(12)29-15(14)9-28-20/h8-9,11H,1,4-6,10H2,2-3H3,(H,27,28)/b16-14+. The van der Waals surface area contributed by atoms with Gasteiger partial charge in [0.2, 0.25) is 5.91 Å². The van der Waals surface area contributed by atoms with Crippen LogP contribution in [0.5, 0.6) is 0 Å². The largest absolute Gasteiger partial charge is 0.435 e. The van der Waals surface area contributed by atoms with Crippen molar-refractivity contribution in [1.29, 1.82) is 5.26 Å². The number of likely N-dealkylation sites (N-methyl/N-ethyl adjacent to an activating group) is 1. The Hall–Kier alpha value is -4.21. The number of nitriles is 1. The van der Waals surface area contributed by atoms with Gasteiger partial charge in [0, 0.05) is 62.9 Å². The maximum absolute atomic E-state index is 13.8. The highest BCUT2D eigenvalue weighted by atomic mass is 19.4. The van der Waals surface area contributed by atoms with Crippen molar-refractivity contribution in [2.24, 2.45) is 5.10 Å². The monoisotopic (exact) mass is 471 g/mol. The molecule has 3 aromatic rings. The Bertz CT molecular complexity index is 1350. The number of hydrazone groups is 1. The number of carbonyl (C=O) groups excluding carboxylic acids is 1. The molecule has 0 spiro atoms. The highest BCUT2D eigenvalue weighted by molar-refractivity contribution is 5.92. The van der Waals surface area contributed by atoms with Crippen LogP contribution in [-0.2, 0) is 17.5 Å². The Labute approximate surface area is 192 Å². The van der Waals surface area contributed by atoms with Crippen LogP contribution >= 0.6 is 0 Å². The Morgan fingerprint density at radius 2 is 2.15 bits per heavy atom. The van der Waals surface area contributed by atoms with Crippen molar-refractivity contribution in [3.05, 3.63) is 35.7 Å². The van der Waals surface area contributed by atoms with Gasteiger partial charge in [0.25, 0.3) is 0 Å². The molecule has 1 aliphatic heterocycles. The summed E-state index contributed by atoms with van der Waals surface area (Å²) in [7, 11) is 3.09. The number of H-pyrrole nitrogens is 1. The summed E-state index contributed by atoms with van der Waals surface area (Å²) in [5.74, 6) is -0.249. The van der Waals surface area contributed by atoms with Crippen LogP contribution in [0, 0.1) is 11.3 Å². The molecule has 1 aliphatic rings. The fourth-order valence-electron chi connectivity index (χ4n) is 3.78. The summed E-state index contributed by atoms with van der Waals surface area (Å²) in [6.07, 6.45) is -0.238. The maximum Gasteiger partial charge on any atom is 0.435 e. The quantitative estimate of drug-likeness (QED) is 0.349. The van der Waals surface area contributed by atoms with E-state index in [1.165, 1.54) is 40.2 Å². The summed E-state index contributed by atoms with van der Waals surface area (Å²) in [5, 5.41) is 18.5. The third kappa shape index (κ3) is 4.09. The van der Waals surface area contributed by atoms with Gasteiger partial charge in [-0.15, -0.1) is 0 Å². The lowest BCUT2D eigenvalue weighted by molar-refractivity contribution is -0.141. The number of aromatic amines is 1. The van der Waals surface area contributed by atoms with Crippen molar-refractivity contribution in [2.75, 3.05) is 20.6 Å². The van der Waals surface area contributed by atoms with E-state index in [1.54, 1.807) is 7.05 Å². The molecule has 0 saturated carbocycles. The molecule has 1 amide bonds. The molecule has 34 heavy (non-hydrogen) atoms. The lowest BCUT2D eigenvalue weighted by Crippen LogP contribution is -2.30. The van der Waals surface area contributed by atoms with Crippen LogP contribution in [0.2, 0.25) is 0 Å². The molecular formula is C21H20F3N9O. The number of aryl methyl sites for hydroxylation is 1. The highest BCUT2D eigenvalue weighted by Gasteiger charge is 2.38. The second-order valence-electron chi connectivity index (χ2n) is 7.76. The molecule has 0 atom stereocenters. The zero-order valence-corrected chi connectivity index (χ0v) is 18.4. The highest BCUT2D eigenvalue weighted by Crippen LogP contribution is 2.38.